The summed E-state index contributed by atoms with van der Waals surface area (Å²) < 4.78 is 11.6. The molecule has 0 saturated heterocycles. The van der Waals surface area contributed by atoms with Crippen LogP contribution in [0, 0.1) is 0 Å². The normalized spacial score (nSPS) is 12.1. The van der Waals surface area contributed by atoms with Gasteiger partial charge in [-0.15, -0.1) is 0 Å². The van der Waals surface area contributed by atoms with Gasteiger partial charge in [0.15, 0.2) is 11.3 Å². The molecule has 0 saturated carbocycles. The van der Waals surface area contributed by atoms with Crippen LogP contribution in [0.4, 0.5) is 0 Å². The van der Waals surface area contributed by atoms with Gasteiger partial charge in [-0.2, -0.15) is 11.8 Å². The van der Waals surface area contributed by atoms with Gasteiger partial charge in [0.2, 0.25) is 0 Å². The van der Waals surface area contributed by atoms with Crippen LogP contribution in [0.25, 0.3) is 11.0 Å². The molecule has 0 aliphatic rings. The van der Waals surface area contributed by atoms with E-state index in [-0.39, 0.29) is 11.9 Å². The zero-order chi connectivity index (χ0) is 18.5. The number of furan rings is 1. The number of carbonyl (C=O) groups is 1. The van der Waals surface area contributed by atoms with E-state index in [0.29, 0.717) is 23.5 Å². The molecule has 1 amide bonds. The van der Waals surface area contributed by atoms with Gasteiger partial charge >= 0.3 is 0 Å². The number of amides is 1. The highest BCUT2D eigenvalue weighted by atomic mass is 32.2. The second-order valence-electron chi connectivity index (χ2n) is 6.08. The molecule has 1 atom stereocenters. The van der Waals surface area contributed by atoms with Crippen molar-refractivity contribution in [1.29, 1.82) is 0 Å². The summed E-state index contributed by atoms with van der Waals surface area (Å²) in [7, 11) is 0. The molecular weight excluding hydrogens is 346 g/mol. The third-order valence-electron chi connectivity index (χ3n) is 4.13. The number of nitrogens with one attached hydrogen (secondary N) is 1. The van der Waals surface area contributed by atoms with Gasteiger partial charge < -0.3 is 14.5 Å². The van der Waals surface area contributed by atoms with Crippen LogP contribution in [0.5, 0.6) is 5.75 Å². The summed E-state index contributed by atoms with van der Waals surface area (Å²) in [5.74, 6) is 2.26. The molecule has 136 valence electrons. The van der Waals surface area contributed by atoms with E-state index >= 15 is 0 Å². The Labute approximate surface area is 157 Å². The van der Waals surface area contributed by atoms with Crippen molar-refractivity contribution in [2.75, 3.05) is 12.9 Å². The molecule has 1 N–H and O–H groups in total. The third-order valence-corrected chi connectivity index (χ3v) is 4.75. The van der Waals surface area contributed by atoms with Crippen LogP contribution >= 0.6 is 11.8 Å². The summed E-state index contributed by atoms with van der Waals surface area (Å²) >= 11 is 1.76. The molecule has 3 rings (SSSR count). The molecule has 0 bridgehead atoms. The van der Waals surface area contributed by atoms with Gasteiger partial charge in [0.1, 0.15) is 5.76 Å². The van der Waals surface area contributed by atoms with Gasteiger partial charge in [0, 0.05) is 16.7 Å². The first-order valence-corrected chi connectivity index (χ1v) is 10.1. The van der Waals surface area contributed by atoms with Crippen LogP contribution in [0.15, 0.2) is 52.9 Å². The van der Waals surface area contributed by atoms with Gasteiger partial charge in [0.25, 0.3) is 5.91 Å². The maximum atomic E-state index is 12.5. The van der Waals surface area contributed by atoms with E-state index in [0.717, 1.165) is 16.9 Å². The Morgan fingerprint density at radius 3 is 2.69 bits per heavy atom. The number of hydrogen-bond donors (Lipinski definition) is 1. The number of rotatable bonds is 7. The average molecular weight is 369 g/mol. The minimum atomic E-state index is -0.241. The Morgan fingerprint density at radius 2 is 2.00 bits per heavy atom. The highest BCUT2D eigenvalue weighted by molar-refractivity contribution is 7.97. The van der Waals surface area contributed by atoms with Crippen molar-refractivity contribution in [3.05, 3.63) is 65.4 Å². The number of thioether (sulfide) groups is 1. The van der Waals surface area contributed by atoms with E-state index in [1.165, 1.54) is 5.56 Å². The molecule has 26 heavy (non-hydrogen) atoms. The predicted octanol–water partition coefficient (Wildman–Crippen LogP) is 5.19. The van der Waals surface area contributed by atoms with Gasteiger partial charge in [-0.25, -0.2) is 0 Å². The Hall–Kier alpha value is -2.40. The summed E-state index contributed by atoms with van der Waals surface area (Å²) in [6.45, 7) is 4.43. The van der Waals surface area contributed by atoms with Crippen LogP contribution < -0.4 is 10.1 Å². The maximum absolute atomic E-state index is 12.5. The predicted molar refractivity (Wildman–Crippen MR) is 107 cm³/mol. The number of fused-ring (bicyclic) bond motifs is 1. The molecule has 0 aliphatic carbocycles. The first kappa shape index (κ1) is 18.4. The fraction of sp³-hybridized carbons (Fsp3) is 0.286. The Kier molecular flexibility index (Phi) is 5.89. The first-order chi connectivity index (χ1) is 12.6. The molecule has 0 radical (unpaired) electrons. The van der Waals surface area contributed by atoms with Crippen LogP contribution in [-0.2, 0) is 5.75 Å². The van der Waals surface area contributed by atoms with E-state index in [1.807, 2.05) is 62.4 Å². The molecule has 0 spiro atoms. The van der Waals surface area contributed by atoms with Gasteiger partial charge in [-0.1, -0.05) is 24.3 Å². The fourth-order valence-electron chi connectivity index (χ4n) is 2.81. The monoisotopic (exact) mass is 369 g/mol. The van der Waals surface area contributed by atoms with Gasteiger partial charge in [0.05, 0.1) is 12.6 Å². The summed E-state index contributed by atoms with van der Waals surface area (Å²) in [5, 5.41) is 3.96. The fourth-order valence-corrected chi connectivity index (χ4v) is 3.33. The van der Waals surface area contributed by atoms with Crippen LogP contribution in [0.1, 0.15) is 41.6 Å². The number of hydrogen-bond acceptors (Lipinski definition) is 4. The number of carbonyl (C=O) groups excluding carboxylic acids is 1. The Morgan fingerprint density at radius 1 is 1.23 bits per heavy atom. The van der Waals surface area contributed by atoms with E-state index in [2.05, 4.69) is 11.6 Å². The molecule has 0 fully saturated rings. The molecule has 1 heterocycles. The molecule has 4 nitrogen and oxygen atoms in total. The maximum Gasteiger partial charge on any atom is 0.251 e. The summed E-state index contributed by atoms with van der Waals surface area (Å²) in [6.07, 6.45) is 2.06. The second-order valence-corrected chi connectivity index (χ2v) is 6.95. The summed E-state index contributed by atoms with van der Waals surface area (Å²) in [4.78, 5) is 12.5. The van der Waals surface area contributed by atoms with E-state index in [4.69, 9.17) is 9.15 Å². The molecule has 0 aliphatic heterocycles. The van der Waals surface area contributed by atoms with Crippen molar-refractivity contribution in [2.24, 2.45) is 0 Å². The molecule has 3 aromatic rings. The number of para-hydroxylation sites is 1. The largest absolute Gasteiger partial charge is 0.490 e. The lowest BCUT2D eigenvalue weighted by molar-refractivity contribution is 0.0935. The summed E-state index contributed by atoms with van der Waals surface area (Å²) in [6, 6.07) is 15.2. The number of benzene rings is 2. The minimum Gasteiger partial charge on any atom is -0.490 e. The van der Waals surface area contributed by atoms with Crippen molar-refractivity contribution >= 4 is 28.6 Å². The van der Waals surface area contributed by atoms with Crippen LogP contribution in [0.2, 0.25) is 0 Å². The molecule has 1 unspecified atom stereocenters. The Bertz CT molecular complexity index is 886. The standard InChI is InChI=1S/C21H23NO3S/c1-4-24-18-7-5-6-17-12-19(25-20(17)18)14(2)22-21(23)16-10-8-15(9-11-16)13-26-3/h5-12,14H,4,13H2,1-3H3,(H,22,23). The molecular formula is C21H23NO3S. The summed E-state index contributed by atoms with van der Waals surface area (Å²) in [5.41, 5.74) is 2.57. The molecule has 1 aromatic heterocycles. The number of ether oxygens (including phenoxy) is 1. The van der Waals surface area contributed by atoms with Gasteiger partial charge in [-0.05, 0) is 49.9 Å². The van der Waals surface area contributed by atoms with Crippen molar-refractivity contribution in [3.63, 3.8) is 0 Å². The van der Waals surface area contributed by atoms with E-state index in [1.54, 1.807) is 11.8 Å². The van der Waals surface area contributed by atoms with E-state index < -0.39 is 0 Å². The zero-order valence-corrected chi connectivity index (χ0v) is 16.1. The van der Waals surface area contributed by atoms with Crippen LogP contribution in [0.3, 0.4) is 0 Å². The van der Waals surface area contributed by atoms with Crippen LogP contribution in [-0.4, -0.2) is 18.8 Å². The van der Waals surface area contributed by atoms with Gasteiger partial charge in [-0.3, -0.25) is 4.79 Å². The second kappa shape index (κ2) is 8.32. The zero-order valence-electron chi connectivity index (χ0n) is 15.2. The Balaban J connectivity index is 1.74. The van der Waals surface area contributed by atoms with Crippen molar-refractivity contribution in [3.8, 4) is 5.75 Å². The lowest BCUT2D eigenvalue weighted by atomic mass is 10.1. The highest BCUT2D eigenvalue weighted by Gasteiger charge is 2.17. The van der Waals surface area contributed by atoms with Crippen molar-refractivity contribution < 1.29 is 13.9 Å². The van der Waals surface area contributed by atoms with Crippen molar-refractivity contribution in [2.45, 2.75) is 25.6 Å². The topological polar surface area (TPSA) is 51.5 Å². The lowest BCUT2D eigenvalue weighted by Gasteiger charge is -2.12. The molecule has 5 heteroatoms. The third kappa shape index (κ3) is 4.05. The smallest absolute Gasteiger partial charge is 0.251 e. The van der Waals surface area contributed by atoms with Crippen molar-refractivity contribution in [1.82, 2.24) is 5.32 Å². The SMILES string of the molecule is CCOc1cccc2cc(C(C)NC(=O)c3ccc(CSC)cc3)oc12. The minimum absolute atomic E-state index is 0.112. The lowest BCUT2D eigenvalue weighted by Crippen LogP contribution is -2.26. The first-order valence-electron chi connectivity index (χ1n) is 8.66. The average Bonchev–Trinajstić information content (AvgIpc) is 3.08. The quantitative estimate of drug-likeness (QED) is 0.623. The highest BCUT2D eigenvalue weighted by Crippen LogP contribution is 2.31. The van der Waals surface area contributed by atoms with E-state index in [9.17, 15) is 4.79 Å². The molecule has 2 aromatic carbocycles.